The lowest BCUT2D eigenvalue weighted by Gasteiger charge is -2.29. The summed E-state index contributed by atoms with van der Waals surface area (Å²) in [5.74, 6) is 0.786. The van der Waals surface area contributed by atoms with E-state index in [4.69, 9.17) is 4.74 Å². The molecule has 0 unspecified atom stereocenters. The van der Waals surface area contributed by atoms with Gasteiger partial charge in [-0.2, -0.15) is 0 Å². The molecule has 1 N–H and O–H groups in total. The van der Waals surface area contributed by atoms with Crippen molar-refractivity contribution in [3.8, 4) is 5.75 Å². The molecule has 19 heavy (non-hydrogen) atoms. The van der Waals surface area contributed by atoms with Crippen LogP contribution in [0, 0.1) is 0 Å². The van der Waals surface area contributed by atoms with Crippen LogP contribution in [0.2, 0.25) is 13.1 Å². The third-order valence-electron chi connectivity index (χ3n) is 3.61. The first-order valence-corrected chi connectivity index (χ1v) is 9.51. The Balaban J connectivity index is 2.34. The number of hydrogen-bond donors (Lipinski definition) is 1. The Hall–Kier alpha value is -1.58. The van der Waals surface area contributed by atoms with Crippen LogP contribution in [-0.2, 0) is 0 Å². The van der Waals surface area contributed by atoms with Crippen molar-refractivity contribution < 1.29 is 9.84 Å². The maximum absolute atomic E-state index is 10.7. The largest absolute Gasteiger partial charge is 0.497 e. The third-order valence-corrected chi connectivity index (χ3v) is 7.13. The van der Waals surface area contributed by atoms with E-state index < -0.39 is 13.8 Å². The summed E-state index contributed by atoms with van der Waals surface area (Å²) in [7, 11) is -0.315. The van der Waals surface area contributed by atoms with Gasteiger partial charge in [0.2, 0.25) is 0 Å². The molecule has 0 saturated carbocycles. The Kier molecular flexibility index (Phi) is 4.07. The number of hydrogen-bond acceptors (Lipinski definition) is 2. The molecule has 0 radical (unpaired) electrons. The van der Waals surface area contributed by atoms with E-state index in [0.717, 1.165) is 11.3 Å². The zero-order valence-corrected chi connectivity index (χ0v) is 12.6. The van der Waals surface area contributed by atoms with Crippen LogP contribution in [0.25, 0.3) is 0 Å². The van der Waals surface area contributed by atoms with Gasteiger partial charge in [-0.1, -0.05) is 60.7 Å². The fraction of sp³-hybridized carbons (Fsp3) is 0.250. The molecule has 0 saturated heterocycles. The Morgan fingerprint density at radius 2 is 1.68 bits per heavy atom. The van der Waals surface area contributed by atoms with Gasteiger partial charge in [0, 0.05) is 0 Å². The van der Waals surface area contributed by atoms with Gasteiger partial charge in [0.1, 0.15) is 13.8 Å². The average molecular weight is 272 g/mol. The maximum atomic E-state index is 10.7. The monoisotopic (exact) mass is 272 g/mol. The van der Waals surface area contributed by atoms with E-state index in [1.807, 2.05) is 42.5 Å². The van der Waals surface area contributed by atoms with Crippen molar-refractivity contribution in [1.82, 2.24) is 0 Å². The first-order chi connectivity index (χ1) is 9.05. The molecule has 0 heterocycles. The lowest BCUT2D eigenvalue weighted by molar-refractivity contribution is 0.250. The third kappa shape index (κ3) is 2.88. The quantitative estimate of drug-likeness (QED) is 0.867. The van der Waals surface area contributed by atoms with Crippen molar-refractivity contribution in [3.63, 3.8) is 0 Å². The number of rotatable bonds is 4. The van der Waals surface area contributed by atoms with E-state index in [2.05, 4.69) is 25.2 Å². The van der Waals surface area contributed by atoms with E-state index in [0.29, 0.717) is 0 Å². The summed E-state index contributed by atoms with van der Waals surface area (Å²) in [6.07, 6.45) is 0. The standard InChI is InChI=1S/C16H20O2Si/c1-18-14-9-7-8-13(12-14)16(17)19(2,3)15-10-5-4-6-11-15/h4-12,16-17H,1-3H3/t16-/m1/s1. The maximum Gasteiger partial charge on any atom is 0.119 e. The fourth-order valence-corrected chi connectivity index (χ4v) is 4.63. The molecule has 0 aliphatic rings. The number of ether oxygens (including phenoxy) is 1. The van der Waals surface area contributed by atoms with E-state index in [-0.39, 0.29) is 0 Å². The number of methoxy groups -OCH3 is 1. The van der Waals surface area contributed by atoms with Gasteiger partial charge < -0.3 is 9.84 Å². The van der Waals surface area contributed by atoms with Crippen LogP contribution in [0.3, 0.4) is 0 Å². The Bertz CT molecular complexity index is 537. The molecule has 2 aromatic carbocycles. The summed E-state index contributed by atoms with van der Waals surface area (Å²) in [5, 5.41) is 12.0. The van der Waals surface area contributed by atoms with E-state index >= 15 is 0 Å². The van der Waals surface area contributed by atoms with Crippen LogP contribution in [0.5, 0.6) is 5.75 Å². The molecule has 100 valence electrons. The molecular formula is C16H20O2Si. The first-order valence-electron chi connectivity index (χ1n) is 6.43. The number of aliphatic hydroxyl groups excluding tert-OH is 1. The lowest BCUT2D eigenvalue weighted by atomic mass is 10.2. The molecule has 3 heteroatoms. The predicted molar refractivity (Wildman–Crippen MR) is 81.5 cm³/mol. The van der Waals surface area contributed by atoms with Gasteiger partial charge in [0.15, 0.2) is 0 Å². The highest BCUT2D eigenvalue weighted by atomic mass is 28.3. The van der Waals surface area contributed by atoms with Crippen LogP contribution < -0.4 is 9.92 Å². The molecule has 0 amide bonds. The Labute approximate surface area is 115 Å². The minimum atomic E-state index is -1.96. The first kappa shape index (κ1) is 13.8. The highest BCUT2D eigenvalue weighted by Gasteiger charge is 2.33. The minimum Gasteiger partial charge on any atom is -0.497 e. The van der Waals surface area contributed by atoms with Crippen molar-refractivity contribution in [1.29, 1.82) is 0 Å². The average Bonchev–Trinajstić information content (AvgIpc) is 2.47. The zero-order chi connectivity index (χ0) is 13.9. The molecule has 1 atom stereocenters. The molecular weight excluding hydrogens is 252 g/mol. The van der Waals surface area contributed by atoms with Crippen LogP contribution >= 0.6 is 0 Å². The summed E-state index contributed by atoms with van der Waals surface area (Å²) in [6.45, 7) is 4.37. The van der Waals surface area contributed by atoms with E-state index in [1.54, 1.807) is 7.11 Å². The molecule has 2 aromatic rings. The minimum absolute atomic E-state index is 0.440. The highest BCUT2D eigenvalue weighted by molar-refractivity contribution is 6.90. The molecule has 0 aromatic heterocycles. The second-order valence-corrected chi connectivity index (χ2v) is 9.83. The van der Waals surface area contributed by atoms with E-state index in [1.165, 1.54) is 5.19 Å². The summed E-state index contributed by atoms with van der Waals surface area (Å²) in [5.41, 5.74) is 0.491. The number of aliphatic hydroxyl groups is 1. The van der Waals surface area contributed by atoms with Gasteiger partial charge in [-0.3, -0.25) is 0 Å². The second kappa shape index (κ2) is 5.59. The molecule has 2 nitrogen and oxygen atoms in total. The van der Waals surface area contributed by atoms with Crippen LogP contribution in [0.4, 0.5) is 0 Å². The lowest BCUT2D eigenvalue weighted by Crippen LogP contribution is -2.47. The SMILES string of the molecule is COc1cccc([C@H](O)[Si](C)(C)c2ccccc2)c1. The molecule has 2 rings (SSSR count). The molecule has 0 spiro atoms. The summed E-state index contributed by atoms with van der Waals surface area (Å²) < 4.78 is 5.23. The topological polar surface area (TPSA) is 29.5 Å². The number of benzene rings is 2. The van der Waals surface area contributed by atoms with Crippen molar-refractivity contribution in [2.24, 2.45) is 0 Å². The highest BCUT2D eigenvalue weighted by Crippen LogP contribution is 2.26. The molecule has 0 aliphatic heterocycles. The van der Waals surface area contributed by atoms with Gasteiger partial charge in [0.05, 0.1) is 12.8 Å². The summed E-state index contributed by atoms with van der Waals surface area (Å²) in [6, 6.07) is 18.0. The van der Waals surface area contributed by atoms with Gasteiger partial charge in [-0.15, -0.1) is 0 Å². The predicted octanol–water partition coefficient (Wildman–Crippen LogP) is 2.88. The van der Waals surface area contributed by atoms with Crippen LogP contribution in [0.15, 0.2) is 54.6 Å². The van der Waals surface area contributed by atoms with Crippen molar-refractivity contribution in [3.05, 3.63) is 60.2 Å². The van der Waals surface area contributed by atoms with Crippen molar-refractivity contribution in [2.45, 2.75) is 18.8 Å². The smallest absolute Gasteiger partial charge is 0.119 e. The van der Waals surface area contributed by atoms with Crippen LogP contribution in [0.1, 0.15) is 11.3 Å². The Morgan fingerprint density at radius 3 is 2.32 bits per heavy atom. The van der Waals surface area contributed by atoms with Crippen molar-refractivity contribution >= 4 is 13.3 Å². The normalized spacial score (nSPS) is 13.1. The van der Waals surface area contributed by atoms with Gasteiger partial charge in [-0.05, 0) is 17.7 Å². The van der Waals surface area contributed by atoms with Crippen LogP contribution in [-0.4, -0.2) is 20.3 Å². The molecule has 0 aliphatic carbocycles. The van der Waals surface area contributed by atoms with Crippen molar-refractivity contribution in [2.75, 3.05) is 7.11 Å². The van der Waals surface area contributed by atoms with Gasteiger partial charge in [-0.25, -0.2) is 0 Å². The van der Waals surface area contributed by atoms with Gasteiger partial charge in [0.25, 0.3) is 0 Å². The molecule has 0 bridgehead atoms. The fourth-order valence-electron chi connectivity index (χ4n) is 2.25. The molecule has 0 fully saturated rings. The van der Waals surface area contributed by atoms with Gasteiger partial charge >= 0.3 is 0 Å². The zero-order valence-electron chi connectivity index (χ0n) is 11.6. The summed E-state index contributed by atoms with van der Waals surface area (Å²) in [4.78, 5) is 0. The summed E-state index contributed by atoms with van der Waals surface area (Å²) >= 11 is 0. The van der Waals surface area contributed by atoms with E-state index in [9.17, 15) is 5.11 Å². The second-order valence-electron chi connectivity index (χ2n) is 5.27. The Morgan fingerprint density at radius 1 is 1.00 bits per heavy atom.